The molecule has 6 heteroatoms. The van der Waals surface area contributed by atoms with Gasteiger partial charge >= 0.3 is 0 Å². The Bertz CT molecular complexity index is 1200. The molecule has 1 saturated carbocycles. The van der Waals surface area contributed by atoms with Crippen LogP contribution in [0.1, 0.15) is 53.9 Å². The number of hydrogen-bond acceptors (Lipinski definition) is 5. The summed E-state index contributed by atoms with van der Waals surface area (Å²) in [5.74, 6) is 0.594. The van der Waals surface area contributed by atoms with Gasteiger partial charge in [0.05, 0.1) is 11.4 Å². The highest BCUT2D eigenvalue weighted by Gasteiger charge is 2.35. The van der Waals surface area contributed by atoms with Gasteiger partial charge in [-0.05, 0) is 37.3 Å². The van der Waals surface area contributed by atoms with Crippen molar-refractivity contribution in [3.8, 4) is 0 Å². The van der Waals surface area contributed by atoms with Crippen molar-refractivity contribution in [3.05, 3.63) is 65.7 Å². The van der Waals surface area contributed by atoms with E-state index in [0.29, 0.717) is 11.6 Å². The summed E-state index contributed by atoms with van der Waals surface area (Å²) < 4.78 is 0. The molecule has 5 rings (SSSR count). The quantitative estimate of drug-likeness (QED) is 0.608. The molecule has 33 heavy (non-hydrogen) atoms. The molecule has 170 valence electrons. The summed E-state index contributed by atoms with van der Waals surface area (Å²) in [5, 5.41) is 7.98. The number of hydrogen-bond donors (Lipinski definition) is 2. The van der Waals surface area contributed by atoms with Crippen molar-refractivity contribution in [2.75, 3.05) is 24.3 Å². The molecule has 0 bridgehead atoms. The molecule has 0 aliphatic heterocycles. The topological polar surface area (TPSA) is 74.3 Å². The second kappa shape index (κ2) is 8.85. The first-order chi connectivity index (χ1) is 16.0. The number of fused-ring (bicyclic) bond motifs is 2. The monoisotopic (exact) mass is 442 g/mol. The van der Waals surface area contributed by atoms with Gasteiger partial charge < -0.3 is 15.5 Å². The van der Waals surface area contributed by atoms with Crippen LogP contribution in [0.2, 0.25) is 0 Å². The van der Waals surface area contributed by atoms with Gasteiger partial charge in [0.25, 0.3) is 0 Å². The number of pyridine rings is 1. The van der Waals surface area contributed by atoms with E-state index >= 15 is 0 Å². The van der Waals surface area contributed by atoms with E-state index in [1.165, 1.54) is 0 Å². The fourth-order valence-corrected chi connectivity index (χ4v) is 5.19. The summed E-state index contributed by atoms with van der Waals surface area (Å²) in [4.78, 5) is 32.1. The van der Waals surface area contributed by atoms with E-state index < -0.39 is 0 Å². The first-order valence-corrected chi connectivity index (χ1v) is 11.8. The number of rotatable bonds is 5. The van der Waals surface area contributed by atoms with Gasteiger partial charge in [0, 0.05) is 55.3 Å². The predicted octanol–water partition coefficient (Wildman–Crippen LogP) is 4.51. The van der Waals surface area contributed by atoms with Crippen LogP contribution < -0.4 is 15.5 Å². The zero-order valence-corrected chi connectivity index (χ0v) is 19.2. The van der Waals surface area contributed by atoms with Crippen LogP contribution in [-0.4, -0.2) is 42.9 Å². The highest BCUT2D eigenvalue weighted by molar-refractivity contribution is 6.06. The average molecular weight is 443 g/mol. The Balaban J connectivity index is 1.20. The minimum atomic E-state index is -0.351. The van der Waals surface area contributed by atoms with E-state index in [9.17, 15) is 9.59 Å². The Kier molecular flexibility index (Phi) is 5.75. The van der Waals surface area contributed by atoms with E-state index in [1.54, 1.807) is 0 Å². The highest BCUT2D eigenvalue weighted by atomic mass is 16.2. The fraction of sp³-hybridized carbons (Fsp3) is 0.370. The Hall–Kier alpha value is -3.41. The molecule has 6 nitrogen and oxygen atoms in total. The number of aromatic nitrogens is 1. The zero-order valence-electron chi connectivity index (χ0n) is 19.2. The standard InChI is InChI=1S/C27H30N4O2/c1-31(2)24-16-26(30-23-10-6-5-9-21(23)24)28-17-11-13-18(14-12-17)29-27(33)22-15-25(32)20-8-4-3-7-19(20)22/h3-10,16-18,22H,11-15H2,1-2H3,(H,28,30)(H,29,33). The number of anilines is 2. The van der Waals surface area contributed by atoms with Crippen LogP contribution in [0.15, 0.2) is 54.6 Å². The van der Waals surface area contributed by atoms with Crippen molar-refractivity contribution < 1.29 is 9.59 Å². The second-order valence-corrected chi connectivity index (χ2v) is 9.41. The molecule has 1 amide bonds. The van der Waals surface area contributed by atoms with Crippen molar-refractivity contribution in [1.29, 1.82) is 0 Å². The van der Waals surface area contributed by atoms with Crippen molar-refractivity contribution in [2.45, 2.75) is 50.1 Å². The van der Waals surface area contributed by atoms with Gasteiger partial charge in [0.15, 0.2) is 5.78 Å². The van der Waals surface area contributed by atoms with Crippen molar-refractivity contribution in [1.82, 2.24) is 10.3 Å². The third kappa shape index (κ3) is 4.30. The van der Waals surface area contributed by atoms with E-state index in [0.717, 1.165) is 53.7 Å². The Morgan fingerprint density at radius 1 is 0.970 bits per heavy atom. The first-order valence-electron chi connectivity index (χ1n) is 11.8. The zero-order chi connectivity index (χ0) is 22.9. The fourth-order valence-electron chi connectivity index (χ4n) is 5.19. The van der Waals surface area contributed by atoms with Crippen LogP contribution in [0.25, 0.3) is 10.9 Å². The molecule has 2 aliphatic rings. The van der Waals surface area contributed by atoms with E-state index in [-0.39, 0.29) is 30.1 Å². The number of benzene rings is 2. The largest absolute Gasteiger partial charge is 0.377 e. The summed E-state index contributed by atoms with van der Waals surface area (Å²) in [5.41, 5.74) is 3.70. The SMILES string of the molecule is CN(C)c1cc(NC2CCC(NC(=O)C3CC(=O)c4ccccc43)CC2)nc2ccccc12. The summed E-state index contributed by atoms with van der Waals surface area (Å²) in [6.07, 6.45) is 4.05. The minimum Gasteiger partial charge on any atom is -0.377 e. The number of Topliss-reactive ketones (excluding diaryl/α,β-unsaturated/α-hetero) is 1. The minimum absolute atomic E-state index is 0.0171. The lowest BCUT2D eigenvalue weighted by Gasteiger charge is -2.31. The van der Waals surface area contributed by atoms with Crippen LogP contribution in [0, 0.1) is 0 Å². The van der Waals surface area contributed by atoms with Gasteiger partial charge in [0.1, 0.15) is 5.82 Å². The average Bonchev–Trinajstić information content (AvgIpc) is 3.16. The number of nitrogens with zero attached hydrogens (tertiary/aromatic N) is 2. The van der Waals surface area contributed by atoms with Gasteiger partial charge in [-0.2, -0.15) is 0 Å². The summed E-state index contributed by atoms with van der Waals surface area (Å²) >= 11 is 0. The van der Waals surface area contributed by atoms with Crippen LogP contribution in [0.3, 0.4) is 0 Å². The number of carbonyl (C=O) groups excluding carboxylic acids is 2. The molecule has 0 radical (unpaired) electrons. The Morgan fingerprint density at radius 2 is 1.67 bits per heavy atom. The van der Waals surface area contributed by atoms with Crippen molar-refractivity contribution >= 4 is 34.1 Å². The number of carbonyl (C=O) groups is 2. The molecule has 2 aromatic carbocycles. The molecular formula is C27H30N4O2. The van der Waals surface area contributed by atoms with Crippen LogP contribution >= 0.6 is 0 Å². The lowest BCUT2D eigenvalue weighted by atomic mass is 9.90. The lowest BCUT2D eigenvalue weighted by molar-refractivity contribution is -0.123. The van der Waals surface area contributed by atoms with Crippen molar-refractivity contribution in [3.63, 3.8) is 0 Å². The molecule has 1 heterocycles. The molecule has 1 unspecified atom stereocenters. The molecule has 0 spiro atoms. The number of ketones is 1. The van der Waals surface area contributed by atoms with Gasteiger partial charge in [-0.1, -0.05) is 42.5 Å². The Labute approximate surface area is 194 Å². The predicted molar refractivity (Wildman–Crippen MR) is 132 cm³/mol. The van der Waals surface area contributed by atoms with E-state index in [4.69, 9.17) is 4.98 Å². The molecule has 2 N–H and O–H groups in total. The molecule has 3 aromatic rings. The lowest BCUT2D eigenvalue weighted by Crippen LogP contribution is -2.42. The molecule has 1 aromatic heterocycles. The van der Waals surface area contributed by atoms with E-state index in [1.807, 2.05) is 42.5 Å². The number of amides is 1. The molecule has 0 saturated heterocycles. The van der Waals surface area contributed by atoms with E-state index in [2.05, 4.69) is 41.8 Å². The summed E-state index contributed by atoms with van der Waals surface area (Å²) in [6, 6.07) is 18.3. The highest BCUT2D eigenvalue weighted by Crippen LogP contribution is 2.34. The second-order valence-electron chi connectivity index (χ2n) is 9.41. The smallest absolute Gasteiger partial charge is 0.228 e. The third-order valence-corrected chi connectivity index (χ3v) is 6.94. The normalized spacial score (nSPS) is 22.1. The molecule has 1 atom stereocenters. The maximum atomic E-state index is 12.9. The van der Waals surface area contributed by atoms with Gasteiger partial charge in [-0.3, -0.25) is 9.59 Å². The van der Waals surface area contributed by atoms with Crippen LogP contribution in [-0.2, 0) is 4.79 Å². The van der Waals surface area contributed by atoms with Gasteiger partial charge in [-0.15, -0.1) is 0 Å². The maximum absolute atomic E-state index is 12.9. The first kappa shape index (κ1) is 21.4. The summed E-state index contributed by atoms with van der Waals surface area (Å²) in [7, 11) is 4.10. The molecule has 2 aliphatic carbocycles. The van der Waals surface area contributed by atoms with Crippen LogP contribution in [0.4, 0.5) is 11.5 Å². The third-order valence-electron chi connectivity index (χ3n) is 6.94. The summed E-state index contributed by atoms with van der Waals surface area (Å²) in [6.45, 7) is 0. The number of nitrogens with one attached hydrogen (secondary N) is 2. The molecular weight excluding hydrogens is 412 g/mol. The Morgan fingerprint density at radius 3 is 2.45 bits per heavy atom. The van der Waals surface area contributed by atoms with Crippen LogP contribution in [0.5, 0.6) is 0 Å². The van der Waals surface area contributed by atoms with Gasteiger partial charge in [-0.25, -0.2) is 4.98 Å². The van der Waals surface area contributed by atoms with Gasteiger partial charge in [0.2, 0.25) is 5.91 Å². The maximum Gasteiger partial charge on any atom is 0.228 e. The number of para-hydroxylation sites is 1. The van der Waals surface area contributed by atoms with Crippen molar-refractivity contribution in [2.24, 2.45) is 0 Å². The molecule has 1 fully saturated rings.